The van der Waals surface area contributed by atoms with Gasteiger partial charge in [0.15, 0.2) is 0 Å². The zero-order valence-corrected chi connectivity index (χ0v) is 10.1. The van der Waals surface area contributed by atoms with Crippen molar-refractivity contribution in [1.29, 1.82) is 0 Å². The summed E-state index contributed by atoms with van der Waals surface area (Å²) in [5, 5.41) is 3.97. The van der Waals surface area contributed by atoms with Crippen LogP contribution in [0, 0.1) is 6.92 Å². The van der Waals surface area contributed by atoms with E-state index in [1.165, 1.54) is 0 Å². The van der Waals surface area contributed by atoms with Crippen LogP contribution in [0.5, 0.6) is 0 Å². The van der Waals surface area contributed by atoms with E-state index in [2.05, 4.69) is 5.32 Å². The van der Waals surface area contributed by atoms with Crippen molar-refractivity contribution in [1.82, 2.24) is 5.32 Å². The Morgan fingerprint density at radius 3 is 2.56 bits per heavy atom. The van der Waals surface area contributed by atoms with Gasteiger partial charge in [0.2, 0.25) is 0 Å². The largest absolute Gasteiger partial charge is 0.467 e. The number of aryl methyl sites for hydroxylation is 1. The van der Waals surface area contributed by atoms with Crippen molar-refractivity contribution in [2.45, 2.75) is 13.0 Å². The molecule has 1 aromatic carbocycles. The number of hydrogen-bond donors (Lipinski definition) is 1. The molecule has 1 unspecified atom stereocenters. The van der Waals surface area contributed by atoms with E-state index in [-0.39, 0.29) is 6.04 Å². The molecule has 0 radical (unpaired) electrons. The summed E-state index contributed by atoms with van der Waals surface area (Å²) >= 11 is 6.19. The molecule has 0 fully saturated rings. The van der Waals surface area contributed by atoms with Crippen LogP contribution in [0.3, 0.4) is 0 Å². The highest BCUT2D eigenvalue weighted by Gasteiger charge is 2.19. The molecule has 16 heavy (non-hydrogen) atoms. The molecule has 3 heteroatoms. The van der Waals surface area contributed by atoms with Gasteiger partial charge in [-0.25, -0.2) is 0 Å². The van der Waals surface area contributed by atoms with E-state index < -0.39 is 0 Å². The van der Waals surface area contributed by atoms with E-state index in [9.17, 15) is 0 Å². The normalized spacial score (nSPS) is 12.7. The maximum absolute atomic E-state index is 6.19. The van der Waals surface area contributed by atoms with Gasteiger partial charge in [0.1, 0.15) is 5.76 Å². The van der Waals surface area contributed by atoms with Crippen molar-refractivity contribution >= 4 is 11.6 Å². The molecule has 1 aromatic heterocycles. The highest BCUT2D eigenvalue weighted by molar-refractivity contribution is 6.31. The molecular formula is C13H14ClNO. The smallest absolute Gasteiger partial charge is 0.128 e. The van der Waals surface area contributed by atoms with Crippen molar-refractivity contribution in [3.05, 3.63) is 58.5 Å². The number of rotatable bonds is 3. The van der Waals surface area contributed by atoms with Gasteiger partial charge in [-0.3, -0.25) is 0 Å². The fourth-order valence-corrected chi connectivity index (χ4v) is 2.06. The van der Waals surface area contributed by atoms with Crippen molar-refractivity contribution in [2.75, 3.05) is 7.05 Å². The molecule has 1 atom stereocenters. The quantitative estimate of drug-likeness (QED) is 0.880. The molecule has 0 spiro atoms. The zero-order chi connectivity index (χ0) is 11.5. The molecule has 2 aromatic rings. The van der Waals surface area contributed by atoms with Crippen LogP contribution in [0.2, 0.25) is 5.02 Å². The van der Waals surface area contributed by atoms with Crippen LogP contribution in [-0.2, 0) is 0 Å². The summed E-state index contributed by atoms with van der Waals surface area (Å²) in [7, 11) is 1.90. The molecule has 2 nitrogen and oxygen atoms in total. The topological polar surface area (TPSA) is 25.2 Å². The molecule has 0 saturated carbocycles. The maximum atomic E-state index is 6.19. The first-order valence-electron chi connectivity index (χ1n) is 5.19. The van der Waals surface area contributed by atoms with E-state index in [0.717, 1.165) is 21.9 Å². The molecule has 2 rings (SSSR count). The minimum Gasteiger partial charge on any atom is -0.467 e. The average molecular weight is 236 g/mol. The SMILES string of the molecule is CNC(c1ccccc1Cl)c1occc1C. The molecule has 0 aliphatic heterocycles. The highest BCUT2D eigenvalue weighted by atomic mass is 35.5. The van der Waals surface area contributed by atoms with Crippen LogP contribution in [0.15, 0.2) is 41.0 Å². The number of hydrogen-bond acceptors (Lipinski definition) is 2. The number of furan rings is 1. The molecule has 0 bridgehead atoms. The lowest BCUT2D eigenvalue weighted by molar-refractivity contribution is 0.460. The third kappa shape index (κ3) is 1.99. The lowest BCUT2D eigenvalue weighted by atomic mass is 10.0. The molecule has 0 amide bonds. The van der Waals surface area contributed by atoms with E-state index in [1.807, 2.05) is 44.3 Å². The van der Waals surface area contributed by atoms with Crippen LogP contribution in [0.25, 0.3) is 0 Å². The van der Waals surface area contributed by atoms with E-state index in [1.54, 1.807) is 6.26 Å². The second-order valence-electron chi connectivity index (χ2n) is 3.71. The Hall–Kier alpha value is -1.25. The predicted molar refractivity (Wildman–Crippen MR) is 65.8 cm³/mol. The molecule has 0 aliphatic carbocycles. The average Bonchev–Trinajstić information content (AvgIpc) is 2.69. The molecule has 84 valence electrons. The summed E-state index contributed by atoms with van der Waals surface area (Å²) in [6.07, 6.45) is 1.70. The van der Waals surface area contributed by atoms with Gasteiger partial charge >= 0.3 is 0 Å². The maximum Gasteiger partial charge on any atom is 0.128 e. The van der Waals surface area contributed by atoms with Gasteiger partial charge in [-0.1, -0.05) is 29.8 Å². The lowest BCUT2D eigenvalue weighted by Gasteiger charge is -2.16. The number of benzene rings is 1. The third-order valence-corrected chi connectivity index (χ3v) is 3.01. The predicted octanol–water partition coefficient (Wildman–Crippen LogP) is 3.55. The summed E-state index contributed by atoms with van der Waals surface area (Å²) in [5.74, 6) is 0.913. The van der Waals surface area contributed by atoms with E-state index >= 15 is 0 Å². The van der Waals surface area contributed by atoms with Crippen molar-refractivity contribution in [3.8, 4) is 0 Å². The van der Waals surface area contributed by atoms with Crippen LogP contribution in [-0.4, -0.2) is 7.05 Å². The Kier molecular flexibility index (Phi) is 3.32. The second kappa shape index (κ2) is 4.73. The van der Waals surface area contributed by atoms with Gasteiger partial charge in [-0.05, 0) is 37.2 Å². The molecule has 1 heterocycles. The monoisotopic (exact) mass is 235 g/mol. The Morgan fingerprint density at radius 2 is 2.00 bits per heavy atom. The first-order valence-corrected chi connectivity index (χ1v) is 5.57. The van der Waals surface area contributed by atoms with E-state index in [4.69, 9.17) is 16.0 Å². The molecule has 1 N–H and O–H groups in total. The zero-order valence-electron chi connectivity index (χ0n) is 9.33. The minimum absolute atomic E-state index is 0.00343. The Morgan fingerprint density at radius 1 is 1.25 bits per heavy atom. The first kappa shape index (κ1) is 11.2. The van der Waals surface area contributed by atoms with Crippen molar-refractivity contribution in [2.24, 2.45) is 0 Å². The number of nitrogens with one attached hydrogen (secondary N) is 1. The van der Waals surface area contributed by atoms with Gasteiger partial charge in [0, 0.05) is 5.02 Å². The fraction of sp³-hybridized carbons (Fsp3) is 0.231. The van der Waals surface area contributed by atoms with Crippen molar-refractivity contribution < 1.29 is 4.42 Å². The van der Waals surface area contributed by atoms with E-state index in [0.29, 0.717) is 0 Å². The Balaban J connectivity index is 2.45. The van der Waals surface area contributed by atoms with Crippen molar-refractivity contribution in [3.63, 3.8) is 0 Å². The Labute approximate surface area is 100 Å². The third-order valence-electron chi connectivity index (χ3n) is 2.67. The standard InChI is InChI=1S/C13H14ClNO/c1-9-7-8-16-13(9)12(15-2)10-5-3-4-6-11(10)14/h3-8,12,15H,1-2H3. The van der Waals surface area contributed by atoms with Crippen LogP contribution < -0.4 is 5.32 Å². The summed E-state index contributed by atoms with van der Waals surface area (Å²) in [6.45, 7) is 2.03. The molecule has 0 saturated heterocycles. The van der Waals surface area contributed by atoms with Gasteiger partial charge < -0.3 is 9.73 Å². The van der Waals surface area contributed by atoms with Gasteiger partial charge in [-0.2, -0.15) is 0 Å². The lowest BCUT2D eigenvalue weighted by Crippen LogP contribution is -2.18. The summed E-state index contributed by atoms with van der Waals surface area (Å²) in [6, 6.07) is 9.75. The van der Waals surface area contributed by atoms with Crippen LogP contribution >= 0.6 is 11.6 Å². The highest BCUT2D eigenvalue weighted by Crippen LogP contribution is 2.29. The van der Waals surface area contributed by atoms with Gasteiger partial charge in [-0.15, -0.1) is 0 Å². The second-order valence-corrected chi connectivity index (χ2v) is 4.12. The van der Waals surface area contributed by atoms with Crippen LogP contribution in [0.4, 0.5) is 0 Å². The summed E-state index contributed by atoms with van der Waals surface area (Å²) in [4.78, 5) is 0. The molecular weight excluding hydrogens is 222 g/mol. The first-order chi connectivity index (χ1) is 7.74. The van der Waals surface area contributed by atoms with Gasteiger partial charge in [0.25, 0.3) is 0 Å². The summed E-state index contributed by atoms with van der Waals surface area (Å²) < 4.78 is 5.51. The number of halogens is 1. The van der Waals surface area contributed by atoms with Gasteiger partial charge in [0.05, 0.1) is 12.3 Å². The minimum atomic E-state index is 0.00343. The Bertz CT molecular complexity index is 478. The molecule has 0 aliphatic rings. The summed E-state index contributed by atoms with van der Waals surface area (Å²) in [5.41, 5.74) is 2.16. The van der Waals surface area contributed by atoms with Crippen LogP contribution in [0.1, 0.15) is 22.9 Å². The fourth-order valence-electron chi connectivity index (χ4n) is 1.82.